The van der Waals surface area contributed by atoms with E-state index < -0.39 is 28.6 Å². The molecule has 4 heterocycles. The number of halogens is 8. The van der Waals surface area contributed by atoms with Crippen LogP contribution < -0.4 is 21.4 Å². The summed E-state index contributed by atoms with van der Waals surface area (Å²) in [6.45, 7) is 19.0. The molecule has 7 rings (SSSR count). The fraction of sp³-hybridized carbons (Fsp3) is 0.200. The number of ether oxygens (including phenoxy) is 1. The lowest BCUT2D eigenvalue weighted by atomic mass is 10.1. The summed E-state index contributed by atoms with van der Waals surface area (Å²) in [5.41, 5.74) is 2.57. The number of phenols is 1. The van der Waals surface area contributed by atoms with Crippen LogP contribution in [0.25, 0.3) is 28.0 Å². The van der Waals surface area contributed by atoms with Gasteiger partial charge in [-0.15, -0.1) is 0 Å². The minimum absolute atomic E-state index is 0.0155. The van der Waals surface area contributed by atoms with Crippen LogP contribution >= 0.6 is 58.0 Å². The van der Waals surface area contributed by atoms with Gasteiger partial charge in [0.25, 0.3) is 16.7 Å². The third-order valence-corrected chi connectivity index (χ3v) is 11.0. The van der Waals surface area contributed by atoms with Crippen molar-refractivity contribution in [3.8, 4) is 28.6 Å². The summed E-state index contributed by atoms with van der Waals surface area (Å²) in [6, 6.07) is 6.07. The van der Waals surface area contributed by atoms with Crippen molar-refractivity contribution in [3.05, 3.63) is 180 Å². The highest BCUT2D eigenvalue weighted by Crippen LogP contribution is 2.36. The Bertz CT molecular complexity index is 3240. The Kier molecular flexibility index (Phi) is 15.9. The molecule has 0 amide bonds. The molecular weight excluding hydrogens is 955 g/mol. The molecule has 0 unspecified atom stereocenters. The molecule has 0 aliphatic rings. The van der Waals surface area contributed by atoms with E-state index in [0.717, 1.165) is 43.4 Å². The average Bonchev–Trinajstić information content (AvgIpc) is 3.63. The Labute approximate surface area is 394 Å². The van der Waals surface area contributed by atoms with Gasteiger partial charge < -0.3 is 14.3 Å². The van der Waals surface area contributed by atoms with Crippen LogP contribution in [0.15, 0.2) is 90.9 Å². The van der Waals surface area contributed by atoms with Crippen LogP contribution in [0, 0.1) is 65.9 Å². The van der Waals surface area contributed by atoms with Gasteiger partial charge in [0, 0.05) is 44.8 Å². The minimum Gasteiger partial charge on any atom is -0.506 e. The Hall–Kier alpha value is -5.84. The number of aromatic hydroxyl groups is 1. The first-order valence-electron chi connectivity index (χ1n) is 19.0. The number of aryl methyl sites for hydroxylation is 4. The van der Waals surface area contributed by atoms with E-state index in [9.17, 15) is 32.7 Å². The second kappa shape index (κ2) is 20.6. The minimum atomic E-state index is -0.784. The molecule has 0 atom stereocenters. The fourth-order valence-electron chi connectivity index (χ4n) is 5.99. The zero-order valence-electron chi connectivity index (χ0n) is 35.6. The van der Waals surface area contributed by atoms with Crippen LogP contribution in [-0.4, -0.2) is 41.1 Å². The highest BCUT2D eigenvalue weighted by atomic mass is 35.5. The van der Waals surface area contributed by atoms with Crippen molar-refractivity contribution in [2.75, 3.05) is 6.61 Å². The molecule has 0 aliphatic carbocycles. The summed E-state index contributed by atoms with van der Waals surface area (Å²) < 4.78 is 56.6. The van der Waals surface area contributed by atoms with Crippen LogP contribution in [0.1, 0.15) is 44.7 Å². The SMILES string of the molecule is C=C(Cl)COc1cc(-n2ncc(C)c(C)c2=O)c(F)cc1Cl.C=C(Cl)Cc1c(O)c(Cl)cc(F)c1-n1ncc(C)c(C)c1=O.Cc1cc2c(-n3ncc(C)c(C)c3=O)c(F)cc(Cl)c2o1. The Morgan fingerprint density at radius 2 is 1.12 bits per heavy atom. The van der Waals surface area contributed by atoms with E-state index in [4.69, 9.17) is 67.2 Å². The summed E-state index contributed by atoms with van der Waals surface area (Å²) in [4.78, 5) is 36.9. The zero-order chi connectivity index (χ0) is 48.3. The summed E-state index contributed by atoms with van der Waals surface area (Å²) >= 11 is 29.1. The van der Waals surface area contributed by atoms with Gasteiger partial charge in [0.2, 0.25) is 0 Å². The standard InChI is InChI=1S/2C15H13Cl2FN2O2.C15H12ClFN2O2/c1-8-6-19-20(15(21)10(8)3)13-5-14(22-7-9(2)16)11(17)4-12(13)18;1-7-6-19-20(15(22)9(7)3)13-10(4-8(2)16)14(21)11(17)5-12(13)18;1-7-6-18-19(15(20)9(7)3)13-10-4-8(2)21-14(10)11(16)5-12(13)17/h4-6H,2,7H2,1,3H3;5-6,21H,2,4H2,1,3H3;4-6H,1-3H3. The van der Waals surface area contributed by atoms with Crippen molar-refractivity contribution in [1.82, 2.24) is 29.3 Å². The van der Waals surface area contributed by atoms with Gasteiger partial charge in [-0.1, -0.05) is 71.2 Å². The summed E-state index contributed by atoms with van der Waals surface area (Å²) in [5, 5.41) is 22.9. The lowest BCUT2D eigenvalue weighted by Crippen LogP contribution is -2.26. The lowest BCUT2D eigenvalue weighted by Gasteiger charge is -2.15. The van der Waals surface area contributed by atoms with Gasteiger partial charge in [-0.2, -0.15) is 29.3 Å². The van der Waals surface area contributed by atoms with Gasteiger partial charge in [-0.3, -0.25) is 14.4 Å². The topological polar surface area (TPSA) is 147 Å². The number of furan rings is 1. The highest BCUT2D eigenvalue weighted by molar-refractivity contribution is 6.35. The summed E-state index contributed by atoms with van der Waals surface area (Å²) in [6.07, 6.45) is 4.41. The first kappa shape index (κ1) is 50.2. The molecule has 12 nitrogen and oxygen atoms in total. The quantitative estimate of drug-likeness (QED) is 0.157. The van der Waals surface area contributed by atoms with Crippen LogP contribution in [0.2, 0.25) is 15.1 Å². The number of fused-ring (bicyclic) bond motifs is 1. The van der Waals surface area contributed by atoms with E-state index in [1.165, 1.54) is 24.7 Å². The van der Waals surface area contributed by atoms with Crippen LogP contribution in [0.3, 0.4) is 0 Å². The number of benzene rings is 3. The maximum Gasteiger partial charge on any atom is 0.274 e. The van der Waals surface area contributed by atoms with Crippen molar-refractivity contribution in [2.24, 2.45) is 0 Å². The first-order chi connectivity index (χ1) is 30.4. The predicted octanol–water partition coefficient (Wildman–Crippen LogP) is 11.1. The zero-order valence-corrected chi connectivity index (χ0v) is 39.4. The van der Waals surface area contributed by atoms with Gasteiger partial charge >= 0.3 is 0 Å². The van der Waals surface area contributed by atoms with E-state index in [1.54, 1.807) is 54.5 Å². The van der Waals surface area contributed by atoms with Crippen molar-refractivity contribution >= 4 is 69.0 Å². The second-order valence-electron chi connectivity index (χ2n) is 14.5. The number of nitrogens with zero attached hydrogens (tertiary/aromatic N) is 6. The Morgan fingerprint density at radius 1 is 0.662 bits per heavy atom. The maximum atomic E-state index is 14.4. The highest BCUT2D eigenvalue weighted by Gasteiger charge is 2.23. The predicted molar refractivity (Wildman–Crippen MR) is 248 cm³/mol. The van der Waals surface area contributed by atoms with E-state index in [0.29, 0.717) is 39.0 Å². The molecular formula is C45H38Cl5F3N6O6. The van der Waals surface area contributed by atoms with Gasteiger partial charge in [0.05, 0.1) is 39.0 Å². The molecule has 3 aromatic carbocycles. The summed E-state index contributed by atoms with van der Waals surface area (Å²) in [5.74, 6) is -1.67. The average molecular weight is 993 g/mol. The first-order valence-corrected chi connectivity index (χ1v) is 20.9. The second-order valence-corrected chi connectivity index (χ2v) is 16.8. The largest absolute Gasteiger partial charge is 0.506 e. The van der Waals surface area contributed by atoms with Crippen molar-refractivity contribution in [3.63, 3.8) is 0 Å². The molecule has 20 heteroatoms. The molecule has 0 saturated heterocycles. The fourth-order valence-corrected chi connectivity index (χ4v) is 6.83. The van der Waals surface area contributed by atoms with Gasteiger partial charge in [-0.05, 0) is 89.4 Å². The van der Waals surface area contributed by atoms with Crippen molar-refractivity contribution in [1.29, 1.82) is 0 Å². The molecule has 0 fully saturated rings. The molecule has 7 aromatic rings. The normalized spacial score (nSPS) is 10.9. The molecule has 4 aromatic heterocycles. The molecule has 0 aliphatic heterocycles. The third-order valence-electron chi connectivity index (χ3n) is 9.91. The van der Waals surface area contributed by atoms with E-state index >= 15 is 0 Å². The molecule has 0 bridgehead atoms. The number of hydrogen-bond donors (Lipinski definition) is 1. The number of rotatable bonds is 8. The summed E-state index contributed by atoms with van der Waals surface area (Å²) in [7, 11) is 0. The number of aromatic nitrogens is 6. The molecule has 0 saturated carbocycles. The monoisotopic (exact) mass is 990 g/mol. The smallest absolute Gasteiger partial charge is 0.274 e. The van der Waals surface area contributed by atoms with Crippen LogP contribution in [0.5, 0.6) is 11.5 Å². The molecule has 1 N–H and O–H groups in total. The van der Waals surface area contributed by atoms with E-state index in [1.807, 2.05) is 0 Å². The third kappa shape index (κ3) is 10.8. The van der Waals surface area contributed by atoms with E-state index in [2.05, 4.69) is 28.5 Å². The number of allylic oxidation sites excluding steroid dienone is 1. The van der Waals surface area contributed by atoms with Crippen molar-refractivity contribution < 1.29 is 27.4 Å². The van der Waals surface area contributed by atoms with Crippen LogP contribution in [0.4, 0.5) is 13.2 Å². The van der Waals surface area contributed by atoms with Gasteiger partial charge in [0.1, 0.15) is 40.9 Å². The maximum absolute atomic E-state index is 14.4. The van der Waals surface area contributed by atoms with Crippen molar-refractivity contribution in [2.45, 2.75) is 54.9 Å². The molecule has 0 radical (unpaired) electrons. The Morgan fingerprint density at radius 3 is 1.65 bits per heavy atom. The number of hydrogen-bond acceptors (Lipinski definition) is 9. The molecule has 0 spiro atoms. The molecule has 340 valence electrons. The van der Waals surface area contributed by atoms with Crippen LogP contribution in [-0.2, 0) is 6.42 Å². The van der Waals surface area contributed by atoms with E-state index in [-0.39, 0.29) is 77.8 Å². The molecule has 65 heavy (non-hydrogen) atoms. The van der Waals surface area contributed by atoms with Gasteiger partial charge in [0.15, 0.2) is 23.0 Å². The number of phenolic OH excluding ortho intramolecular Hbond substituents is 1. The lowest BCUT2D eigenvalue weighted by molar-refractivity contribution is 0.358. The Balaban J connectivity index is 0.000000183. The van der Waals surface area contributed by atoms with Gasteiger partial charge in [-0.25, -0.2) is 13.2 Å².